The van der Waals surface area contributed by atoms with E-state index in [0.29, 0.717) is 17.8 Å². The summed E-state index contributed by atoms with van der Waals surface area (Å²) in [4.78, 5) is 25.4. The van der Waals surface area contributed by atoms with Crippen molar-refractivity contribution in [1.29, 1.82) is 0 Å². The Bertz CT molecular complexity index is 420. The molecule has 0 fully saturated rings. The molecule has 0 saturated heterocycles. The monoisotopic (exact) mass is 237 g/mol. The topological polar surface area (TPSA) is 105 Å². The van der Waals surface area contributed by atoms with Crippen LogP contribution in [0.15, 0.2) is 18.3 Å². The van der Waals surface area contributed by atoms with Crippen LogP contribution in [0.25, 0.3) is 0 Å². The summed E-state index contributed by atoms with van der Waals surface area (Å²) in [6.07, 6.45) is 2.05. The van der Waals surface area contributed by atoms with Crippen LogP contribution >= 0.6 is 0 Å². The molecule has 17 heavy (non-hydrogen) atoms. The highest BCUT2D eigenvalue weighted by Gasteiger charge is 2.07. The molecular formula is C11H15N3O3. The van der Waals surface area contributed by atoms with Gasteiger partial charge in [-0.25, -0.2) is 4.98 Å². The third-order valence-electron chi connectivity index (χ3n) is 2.23. The maximum atomic E-state index is 10.9. The summed E-state index contributed by atoms with van der Waals surface area (Å²) < 4.78 is 0. The maximum absolute atomic E-state index is 10.9. The third kappa shape index (κ3) is 4.50. The molecule has 6 nitrogen and oxygen atoms in total. The van der Waals surface area contributed by atoms with Crippen molar-refractivity contribution in [3.63, 3.8) is 0 Å². The molecule has 1 amide bonds. The van der Waals surface area contributed by atoms with Gasteiger partial charge in [0.15, 0.2) is 0 Å². The number of aromatic nitrogens is 1. The van der Waals surface area contributed by atoms with Gasteiger partial charge in [-0.1, -0.05) is 0 Å². The SMILES string of the molecule is CC(CCC(=O)O)Nc1cc(C(N)=O)ccn1. The average Bonchev–Trinajstić information content (AvgIpc) is 2.26. The summed E-state index contributed by atoms with van der Waals surface area (Å²) >= 11 is 0. The highest BCUT2D eigenvalue weighted by atomic mass is 16.4. The molecule has 1 aromatic heterocycles. The van der Waals surface area contributed by atoms with Gasteiger partial charge in [0.25, 0.3) is 0 Å². The lowest BCUT2D eigenvalue weighted by atomic mass is 10.2. The number of anilines is 1. The molecule has 0 bridgehead atoms. The first-order valence-corrected chi connectivity index (χ1v) is 5.23. The minimum atomic E-state index is -0.836. The van der Waals surface area contributed by atoms with Crippen LogP contribution in [0.3, 0.4) is 0 Å². The second kappa shape index (κ2) is 5.83. The van der Waals surface area contributed by atoms with Gasteiger partial charge in [-0.15, -0.1) is 0 Å². The molecule has 0 spiro atoms. The van der Waals surface area contributed by atoms with E-state index < -0.39 is 11.9 Å². The number of nitrogens with one attached hydrogen (secondary N) is 1. The van der Waals surface area contributed by atoms with E-state index in [2.05, 4.69) is 10.3 Å². The van der Waals surface area contributed by atoms with Crippen LogP contribution in [-0.2, 0) is 4.79 Å². The van der Waals surface area contributed by atoms with Crippen molar-refractivity contribution in [3.8, 4) is 0 Å². The van der Waals surface area contributed by atoms with Gasteiger partial charge in [-0.2, -0.15) is 0 Å². The van der Waals surface area contributed by atoms with Crippen molar-refractivity contribution in [2.45, 2.75) is 25.8 Å². The minimum absolute atomic E-state index is 0.0401. The highest BCUT2D eigenvalue weighted by Crippen LogP contribution is 2.09. The molecule has 1 heterocycles. The lowest BCUT2D eigenvalue weighted by Gasteiger charge is -2.13. The Labute approximate surface area is 98.8 Å². The Balaban J connectivity index is 2.58. The predicted octanol–water partition coefficient (Wildman–Crippen LogP) is 0.846. The van der Waals surface area contributed by atoms with Gasteiger partial charge >= 0.3 is 5.97 Å². The summed E-state index contributed by atoms with van der Waals surface area (Å²) in [5.41, 5.74) is 5.51. The number of carboxylic acid groups (broad SMARTS) is 1. The first kappa shape index (κ1) is 13.0. The number of nitrogens with two attached hydrogens (primary N) is 1. The van der Waals surface area contributed by atoms with Crippen LogP contribution in [0, 0.1) is 0 Å². The molecule has 4 N–H and O–H groups in total. The van der Waals surface area contributed by atoms with E-state index in [-0.39, 0.29) is 12.5 Å². The third-order valence-corrected chi connectivity index (χ3v) is 2.23. The van der Waals surface area contributed by atoms with Gasteiger partial charge in [0, 0.05) is 24.2 Å². The van der Waals surface area contributed by atoms with Crippen molar-refractivity contribution in [2.24, 2.45) is 5.73 Å². The Morgan fingerprint density at radius 2 is 2.29 bits per heavy atom. The highest BCUT2D eigenvalue weighted by molar-refractivity contribution is 5.93. The standard InChI is InChI=1S/C11H15N3O3/c1-7(2-3-10(15)16)14-9-6-8(11(12)17)4-5-13-9/h4-7H,2-3H2,1H3,(H2,12,17)(H,13,14)(H,15,16). The fraction of sp³-hybridized carbons (Fsp3) is 0.364. The fourth-order valence-corrected chi connectivity index (χ4v) is 1.33. The zero-order chi connectivity index (χ0) is 12.8. The van der Waals surface area contributed by atoms with Crippen molar-refractivity contribution in [3.05, 3.63) is 23.9 Å². The summed E-state index contributed by atoms with van der Waals surface area (Å²) in [6, 6.07) is 3.02. The van der Waals surface area contributed by atoms with Gasteiger partial charge in [-0.3, -0.25) is 9.59 Å². The van der Waals surface area contributed by atoms with E-state index in [1.54, 1.807) is 6.07 Å². The number of hydrogen-bond donors (Lipinski definition) is 3. The van der Waals surface area contributed by atoms with E-state index in [9.17, 15) is 9.59 Å². The molecule has 0 radical (unpaired) electrons. The lowest BCUT2D eigenvalue weighted by molar-refractivity contribution is -0.137. The molecule has 92 valence electrons. The molecule has 6 heteroatoms. The number of hydrogen-bond acceptors (Lipinski definition) is 4. The number of pyridine rings is 1. The fourth-order valence-electron chi connectivity index (χ4n) is 1.33. The van der Waals surface area contributed by atoms with Crippen molar-refractivity contribution >= 4 is 17.7 Å². The number of primary amides is 1. The Hall–Kier alpha value is -2.11. The summed E-state index contributed by atoms with van der Waals surface area (Å²) in [6.45, 7) is 1.85. The second-order valence-electron chi connectivity index (χ2n) is 3.77. The van der Waals surface area contributed by atoms with Gasteiger partial charge in [0.05, 0.1) is 0 Å². The van der Waals surface area contributed by atoms with Gasteiger partial charge in [-0.05, 0) is 25.5 Å². The van der Waals surface area contributed by atoms with E-state index >= 15 is 0 Å². The summed E-state index contributed by atoms with van der Waals surface area (Å²) in [7, 11) is 0. The van der Waals surface area contributed by atoms with Gasteiger partial charge in [0.2, 0.25) is 5.91 Å². The first-order valence-electron chi connectivity index (χ1n) is 5.23. The van der Waals surface area contributed by atoms with E-state index in [1.807, 2.05) is 6.92 Å². The van der Waals surface area contributed by atoms with Gasteiger partial charge < -0.3 is 16.2 Å². The predicted molar refractivity (Wildman–Crippen MR) is 62.7 cm³/mol. The molecule has 0 aromatic carbocycles. The smallest absolute Gasteiger partial charge is 0.303 e. The number of carbonyl (C=O) groups is 2. The molecular weight excluding hydrogens is 222 g/mol. The van der Waals surface area contributed by atoms with Crippen molar-refractivity contribution in [2.75, 3.05) is 5.32 Å². The Morgan fingerprint density at radius 1 is 1.59 bits per heavy atom. The number of carboxylic acids is 1. The number of aliphatic carboxylic acids is 1. The van der Waals surface area contributed by atoms with Crippen LogP contribution in [0.4, 0.5) is 5.82 Å². The number of carbonyl (C=O) groups excluding carboxylic acids is 1. The molecule has 1 aromatic rings. The van der Waals surface area contributed by atoms with Gasteiger partial charge in [0.1, 0.15) is 5.82 Å². The van der Waals surface area contributed by atoms with E-state index in [0.717, 1.165) is 0 Å². The van der Waals surface area contributed by atoms with Crippen LogP contribution < -0.4 is 11.1 Å². The van der Waals surface area contributed by atoms with Crippen LogP contribution in [0.1, 0.15) is 30.1 Å². The molecule has 1 atom stereocenters. The summed E-state index contributed by atoms with van der Waals surface area (Å²) in [5.74, 6) is -0.842. The Kier molecular flexibility index (Phi) is 4.45. The molecule has 0 aliphatic heterocycles. The number of rotatable bonds is 6. The lowest BCUT2D eigenvalue weighted by Crippen LogP contribution is -2.18. The van der Waals surface area contributed by atoms with E-state index in [4.69, 9.17) is 10.8 Å². The van der Waals surface area contributed by atoms with E-state index in [1.165, 1.54) is 12.3 Å². The van der Waals surface area contributed by atoms with Crippen LogP contribution in [-0.4, -0.2) is 28.0 Å². The largest absolute Gasteiger partial charge is 0.481 e. The normalized spacial score (nSPS) is 11.8. The maximum Gasteiger partial charge on any atom is 0.303 e. The zero-order valence-corrected chi connectivity index (χ0v) is 9.51. The molecule has 1 rings (SSSR count). The van der Waals surface area contributed by atoms with Crippen LogP contribution in [0.5, 0.6) is 0 Å². The molecule has 0 aliphatic carbocycles. The summed E-state index contributed by atoms with van der Waals surface area (Å²) in [5, 5.41) is 11.6. The molecule has 1 unspecified atom stereocenters. The van der Waals surface area contributed by atoms with Crippen LogP contribution in [0.2, 0.25) is 0 Å². The van der Waals surface area contributed by atoms with Crippen molar-refractivity contribution < 1.29 is 14.7 Å². The average molecular weight is 237 g/mol. The first-order chi connectivity index (χ1) is 7.99. The number of amides is 1. The number of nitrogens with zero attached hydrogens (tertiary/aromatic N) is 1. The molecule has 0 saturated carbocycles. The Morgan fingerprint density at radius 3 is 2.88 bits per heavy atom. The quantitative estimate of drug-likeness (QED) is 0.680. The second-order valence-corrected chi connectivity index (χ2v) is 3.77. The minimum Gasteiger partial charge on any atom is -0.481 e. The van der Waals surface area contributed by atoms with Crippen molar-refractivity contribution in [1.82, 2.24) is 4.98 Å². The molecule has 0 aliphatic rings. The zero-order valence-electron chi connectivity index (χ0n) is 9.51.